The fourth-order valence-electron chi connectivity index (χ4n) is 2.90. The van der Waals surface area contributed by atoms with Crippen molar-refractivity contribution >= 4 is 32.7 Å². The number of carbonyl (C=O) groups excluding carboxylic acids is 1. The van der Waals surface area contributed by atoms with E-state index in [0.717, 1.165) is 35.7 Å². The van der Waals surface area contributed by atoms with Crippen LogP contribution in [0.3, 0.4) is 0 Å². The molecule has 20 heavy (non-hydrogen) atoms. The van der Waals surface area contributed by atoms with Gasteiger partial charge in [0.15, 0.2) is 5.69 Å². The number of alkyl halides is 1. The number of hydrogen-bond acceptors (Lipinski definition) is 2. The second-order valence-electron chi connectivity index (χ2n) is 5.40. The van der Waals surface area contributed by atoms with Crippen LogP contribution in [0.4, 0.5) is 0 Å². The number of aryl methyl sites for hydroxylation is 1. The van der Waals surface area contributed by atoms with Gasteiger partial charge in [-0.1, -0.05) is 34.1 Å². The Morgan fingerprint density at radius 1 is 1.45 bits per heavy atom. The van der Waals surface area contributed by atoms with Crippen LogP contribution in [0.5, 0.6) is 0 Å². The van der Waals surface area contributed by atoms with Crippen molar-refractivity contribution in [3.05, 3.63) is 30.0 Å². The normalized spacial score (nSPS) is 19.5. The molecule has 0 radical (unpaired) electrons. The number of hydrogen-bond donors (Lipinski definition) is 0. The molecule has 0 spiro atoms. The van der Waals surface area contributed by atoms with Gasteiger partial charge in [-0.15, -0.1) is 0 Å². The second-order valence-corrected chi connectivity index (χ2v) is 6.05. The fourth-order valence-corrected chi connectivity index (χ4v) is 3.43. The summed E-state index contributed by atoms with van der Waals surface area (Å²) in [7, 11) is 1.89. The van der Waals surface area contributed by atoms with Gasteiger partial charge in [0.2, 0.25) is 0 Å². The minimum atomic E-state index is 0.0625. The maximum atomic E-state index is 12.7. The summed E-state index contributed by atoms with van der Waals surface area (Å²) in [4.78, 5) is 14.7. The van der Waals surface area contributed by atoms with Crippen LogP contribution in [0.25, 0.3) is 10.9 Å². The zero-order chi connectivity index (χ0) is 14.1. The van der Waals surface area contributed by atoms with Crippen LogP contribution in [0.1, 0.15) is 23.3 Å². The minimum Gasteiger partial charge on any atom is -0.337 e. The molecule has 1 fully saturated rings. The van der Waals surface area contributed by atoms with Gasteiger partial charge in [0.25, 0.3) is 5.91 Å². The van der Waals surface area contributed by atoms with Crippen molar-refractivity contribution in [3.63, 3.8) is 0 Å². The van der Waals surface area contributed by atoms with Crippen molar-refractivity contribution < 1.29 is 4.79 Å². The minimum absolute atomic E-state index is 0.0625. The van der Waals surface area contributed by atoms with Crippen LogP contribution in [-0.2, 0) is 7.05 Å². The van der Waals surface area contributed by atoms with E-state index in [-0.39, 0.29) is 5.91 Å². The van der Waals surface area contributed by atoms with Gasteiger partial charge >= 0.3 is 0 Å². The van der Waals surface area contributed by atoms with Crippen LogP contribution in [0.2, 0.25) is 0 Å². The van der Waals surface area contributed by atoms with Gasteiger partial charge in [-0.2, -0.15) is 5.10 Å². The predicted molar refractivity (Wildman–Crippen MR) is 83.1 cm³/mol. The van der Waals surface area contributed by atoms with E-state index in [1.807, 2.05) is 36.2 Å². The summed E-state index contributed by atoms with van der Waals surface area (Å²) in [5.74, 6) is 0.620. The van der Waals surface area contributed by atoms with Gasteiger partial charge in [-0.05, 0) is 24.8 Å². The van der Waals surface area contributed by atoms with Crippen LogP contribution in [0.15, 0.2) is 24.3 Å². The van der Waals surface area contributed by atoms with E-state index in [0.29, 0.717) is 11.6 Å². The monoisotopic (exact) mass is 335 g/mol. The number of carbonyl (C=O) groups is 1. The lowest BCUT2D eigenvalue weighted by Gasteiger charge is -2.31. The Labute approximate surface area is 126 Å². The van der Waals surface area contributed by atoms with Crippen LogP contribution >= 0.6 is 15.9 Å². The number of fused-ring (bicyclic) bond motifs is 1. The third-order valence-electron chi connectivity index (χ3n) is 3.98. The number of nitrogens with zero attached hydrogens (tertiary/aromatic N) is 3. The number of aromatic nitrogens is 2. The highest BCUT2D eigenvalue weighted by Gasteiger charge is 2.26. The average molecular weight is 336 g/mol. The molecule has 4 nitrogen and oxygen atoms in total. The Bertz CT molecular complexity index is 637. The highest BCUT2D eigenvalue weighted by molar-refractivity contribution is 9.09. The summed E-state index contributed by atoms with van der Waals surface area (Å²) in [5.41, 5.74) is 1.59. The Balaban J connectivity index is 1.92. The Morgan fingerprint density at radius 2 is 2.25 bits per heavy atom. The summed E-state index contributed by atoms with van der Waals surface area (Å²) >= 11 is 3.53. The summed E-state index contributed by atoms with van der Waals surface area (Å²) in [5, 5.41) is 6.33. The maximum Gasteiger partial charge on any atom is 0.275 e. The van der Waals surface area contributed by atoms with Gasteiger partial charge in [0, 0.05) is 30.9 Å². The molecule has 0 bridgehead atoms. The Morgan fingerprint density at radius 3 is 3.05 bits per heavy atom. The van der Waals surface area contributed by atoms with E-state index >= 15 is 0 Å². The first-order valence-electron chi connectivity index (χ1n) is 6.97. The summed E-state index contributed by atoms with van der Waals surface area (Å²) in [6, 6.07) is 7.90. The summed E-state index contributed by atoms with van der Waals surface area (Å²) in [6.45, 7) is 1.67. The Hall–Kier alpha value is -1.36. The zero-order valence-electron chi connectivity index (χ0n) is 11.6. The fraction of sp³-hybridized carbons (Fsp3) is 0.467. The topological polar surface area (TPSA) is 38.1 Å². The molecule has 0 saturated carbocycles. The van der Waals surface area contributed by atoms with E-state index in [9.17, 15) is 4.79 Å². The van der Waals surface area contributed by atoms with Gasteiger partial charge in [0.1, 0.15) is 0 Å². The van der Waals surface area contributed by atoms with Crippen molar-refractivity contribution in [2.24, 2.45) is 13.0 Å². The smallest absolute Gasteiger partial charge is 0.275 e. The molecular weight excluding hydrogens is 318 g/mol. The highest BCUT2D eigenvalue weighted by atomic mass is 79.9. The first-order valence-corrected chi connectivity index (χ1v) is 8.10. The number of benzene rings is 1. The Kier molecular flexibility index (Phi) is 3.78. The van der Waals surface area contributed by atoms with Gasteiger partial charge < -0.3 is 4.90 Å². The van der Waals surface area contributed by atoms with E-state index in [2.05, 4.69) is 21.0 Å². The van der Waals surface area contributed by atoms with Crippen molar-refractivity contribution in [1.82, 2.24) is 14.7 Å². The van der Waals surface area contributed by atoms with Gasteiger partial charge in [-0.3, -0.25) is 9.48 Å². The molecule has 5 heteroatoms. The number of halogens is 1. The molecule has 0 aliphatic carbocycles. The van der Waals surface area contributed by atoms with Crippen molar-refractivity contribution in [3.8, 4) is 0 Å². The van der Waals surface area contributed by atoms with E-state index < -0.39 is 0 Å². The number of amides is 1. The largest absolute Gasteiger partial charge is 0.337 e. The van der Waals surface area contributed by atoms with E-state index in [1.54, 1.807) is 4.68 Å². The molecule has 1 unspecified atom stereocenters. The molecule has 0 N–H and O–H groups in total. The van der Waals surface area contributed by atoms with Crippen LogP contribution in [0, 0.1) is 5.92 Å². The first kappa shape index (κ1) is 13.6. The second kappa shape index (κ2) is 5.56. The predicted octanol–water partition coefficient (Wildman–Crippen LogP) is 2.82. The molecule has 1 amide bonds. The molecule has 2 heterocycles. The highest BCUT2D eigenvalue weighted by Crippen LogP contribution is 2.23. The summed E-state index contributed by atoms with van der Waals surface area (Å²) < 4.78 is 1.79. The molecule has 1 aliphatic rings. The molecule has 3 rings (SSSR count). The summed E-state index contributed by atoms with van der Waals surface area (Å²) in [6.07, 6.45) is 2.27. The van der Waals surface area contributed by atoms with Crippen molar-refractivity contribution in [2.75, 3.05) is 18.4 Å². The standard InChI is InChI=1S/C15H18BrN3O/c1-18-13-7-3-2-6-12(13)14(17-18)15(20)19-8-4-5-11(9-16)10-19/h2-3,6-7,11H,4-5,8-10H2,1H3. The molecule has 2 aromatic rings. The lowest BCUT2D eigenvalue weighted by molar-refractivity contribution is 0.0681. The maximum absolute atomic E-state index is 12.7. The number of para-hydroxylation sites is 1. The van der Waals surface area contributed by atoms with Crippen molar-refractivity contribution in [2.45, 2.75) is 12.8 Å². The first-order chi connectivity index (χ1) is 9.70. The van der Waals surface area contributed by atoms with Gasteiger partial charge in [-0.25, -0.2) is 0 Å². The van der Waals surface area contributed by atoms with E-state index in [1.165, 1.54) is 6.42 Å². The third-order valence-corrected chi connectivity index (χ3v) is 4.90. The lowest BCUT2D eigenvalue weighted by atomic mass is 10.00. The third kappa shape index (κ3) is 2.35. The SMILES string of the molecule is Cn1nc(C(=O)N2CCCC(CBr)C2)c2ccccc21. The molecular formula is C15H18BrN3O. The lowest BCUT2D eigenvalue weighted by Crippen LogP contribution is -2.40. The molecule has 1 aromatic carbocycles. The number of likely N-dealkylation sites (tertiary alicyclic amines) is 1. The van der Waals surface area contributed by atoms with Crippen molar-refractivity contribution in [1.29, 1.82) is 0 Å². The average Bonchev–Trinajstić information content (AvgIpc) is 2.84. The molecule has 1 aliphatic heterocycles. The number of rotatable bonds is 2. The molecule has 1 atom stereocenters. The van der Waals surface area contributed by atoms with E-state index in [4.69, 9.17) is 0 Å². The van der Waals surface area contributed by atoms with Gasteiger partial charge in [0.05, 0.1) is 5.52 Å². The molecule has 1 aromatic heterocycles. The van der Waals surface area contributed by atoms with Crippen LogP contribution in [-0.4, -0.2) is 39.0 Å². The zero-order valence-corrected chi connectivity index (χ0v) is 13.1. The molecule has 106 valence electrons. The molecule has 1 saturated heterocycles. The number of piperidine rings is 1. The quantitative estimate of drug-likeness (QED) is 0.791. The van der Waals surface area contributed by atoms with Crippen LogP contribution < -0.4 is 0 Å².